The lowest BCUT2D eigenvalue weighted by atomic mass is 9.87. The van der Waals surface area contributed by atoms with Gasteiger partial charge in [-0.2, -0.15) is 0 Å². The van der Waals surface area contributed by atoms with E-state index in [0.29, 0.717) is 6.61 Å². The summed E-state index contributed by atoms with van der Waals surface area (Å²) in [6.07, 6.45) is 1.79. The summed E-state index contributed by atoms with van der Waals surface area (Å²) in [5.74, 6) is -0.245. The molecule has 1 N–H and O–H groups in total. The molecule has 0 saturated heterocycles. The van der Waals surface area contributed by atoms with E-state index in [2.05, 4.69) is 17.4 Å². The Bertz CT molecular complexity index is 939. The molecule has 33 heavy (non-hydrogen) atoms. The van der Waals surface area contributed by atoms with E-state index in [9.17, 15) is 9.59 Å². The number of likely N-dealkylation sites (N-methyl/N-ethyl adjacent to an activating group) is 1. The number of hydrogen-bond donors (Lipinski definition) is 1. The number of carbonyl (C=O) groups excluding carboxylic acids is 2. The molecule has 178 valence electrons. The van der Waals surface area contributed by atoms with Gasteiger partial charge in [0.05, 0.1) is 18.8 Å². The molecular weight excluding hydrogens is 416 g/mol. The van der Waals surface area contributed by atoms with Crippen molar-refractivity contribution in [1.82, 2.24) is 10.2 Å². The van der Waals surface area contributed by atoms with Gasteiger partial charge >= 0.3 is 6.09 Å². The largest absolute Gasteiger partial charge is 0.444 e. The molecule has 3 rings (SSSR count). The average Bonchev–Trinajstić information content (AvgIpc) is 2.77. The zero-order valence-corrected chi connectivity index (χ0v) is 20.3. The minimum Gasteiger partial charge on any atom is -0.444 e. The normalized spacial score (nSPS) is 17.4. The molecule has 1 aliphatic rings. The third-order valence-corrected chi connectivity index (χ3v) is 5.85. The highest BCUT2D eigenvalue weighted by Crippen LogP contribution is 2.30. The van der Waals surface area contributed by atoms with Crippen LogP contribution >= 0.6 is 0 Å². The first-order valence-corrected chi connectivity index (χ1v) is 11.6. The van der Waals surface area contributed by atoms with Gasteiger partial charge in [-0.1, -0.05) is 54.6 Å². The molecule has 2 unspecified atom stereocenters. The third kappa shape index (κ3) is 6.81. The van der Waals surface area contributed by atoms with Crippen LogP contribution in [0.5, 0.6) is 0 Å². The van der Waals surface area contributed by atoms with E-state index in [0.717, 1.165) is 30.4 Å². The van der Waals surface area contributed by atoms with Crippen molar-refractivity contribution in [1.29, 1.82) is 0 Å². The predicted molar refractivity (Wildman–Crippen MR) is 129 cm³/mol. The van der Waals surface area contributed by atoms with Crippen molar-refractivity contribution in [2.24, 2.45) is 0 Å². The van der Waals surface area contributed by atoms with Gasteiger partial charge in [-0.3, -0.25) is 9.69 Å². The van der Waals surface area contributed by atoms with E-state index in [4.69, 9.17) is 9.47 Å². The molecule has 0 aliphatic heterocycles. The number of amides is 2. The van der Waals surface area contributed by atoms with Crippen molar-refractivity contribution >= 4 is 12.0 Å². The van der Waals surface area contributed by atoms with Gasteiger partial charge < -0.3 is 14.8 Å². The van der Waals surface area contributed by atoms with Crippen LogP contribution in [0.2, 0.25) is 0 Å². The summed E-state index contributed by atoms with van der Waals surface area (Å²) in [5.41, 5.74) is 2.75. The first kappa shape index (κ1) is 24.8. The van der Waals surface area contributed by atoms with E-state index >= 15 is 0 Å². The third-order valence-electron chi connectivity index (χ3n) is 5.85. The summed E-state index contributed by atoms with van der Waals surface area (Å²) in [7, 11) is 1.59. The fourth-order valence-electron chi connectivity index (χ4n) is 4.21. The second kappa shape index (κ2) is 10.8. The Morgan fingerprint density at radius 1 is 1.09 bits per heavy atom. The van der Waals surface area contributed by atoms with Crippen LogP contribution in [0.3, 0.4) is 0 Å². The minimum atomic E-state index is -0.836. The Morgan fingerprint density at radius 2 is 1.76 bits per heavy atom. The second-order valence-electron chi connectivity index (χ2n) is 9.69. The second-order valence-corrected chi connectivity index (χ2v) is 9.69. The van der Waals surface area contributed by atoms with Gasteiger partial charge in [0.1, 0.15) is 11.6 Å². The van der Waals surface area contributed by atoms with Crippen LogP contribution in [0, 0.1) is 0 Å². The van der Waals surface area contributed by atoms with E-state index in [1.54, 1.807) is 7.05 Å². The lowest BCUT2D eigenvalue weighted by molar-refractivity contribution is -0.132. The Hall–Kier alpha value is -2.86. The zero-order valence-electron chi connectivity index (χ0n) is 20.3. The molecule has 1 aliphatic carbocycles. The predicted octanol–water partition coefficient (Wildman–Crippen LogP) is 5.02. The van der Waals surface area contributed by atoms with E-state index in [-0.39, 0.29) is 11.9 Å². The molecule has 2 amide bonds. The Morgan fingerprint density at radius 3 is 2.45 bits per heavy atom. The molecule has 0 radical (unpaired) electrons. The molecule has 0 bridgehead atoms. The molecule has 0 saturated carbocycles. The molecular formula is C27H36N2O4. The summed E-state index contributed by atoms with van der Waals surface area (Å²) >= 11 is 0. The lowest BCUT2D eigenvalue weighted by Crippen LogP contribution is -2.55. The molecule has 3 atom stereocenters. The van der Waals surface area contributed by atoms with Gasteiger partial charge in [0.25, 0.3) is 0 Å². The fraction of sp³-hybridized carbons (Fsp3) is 0.481. The quantitative estimate of drug-likeness (QED) is 0.640. The fourth-order valence-corrected chi connectivity index (χ4v) is 4.21. The molecule has 0 spiro atoms. The maximum Gasteiger partial charge on any atom is 0.410 e. The smallest absolute Gasteiger partial charge is 0.410 e. The maximum atomic E-state index is 13.5. The van der Waals surface area contributed by atoms with Crippen LogP contribution in [0.25, 0.3) is 0 Å². The highest BCUT2D eigenvalue weighted by atomic mass is 16.6. The number of ether oxygens (including phenoxy) is 2. The van der Waals surface area contributed by atoms with Crippen molar-refractivity contribution in [3.05, 3.63) is 71.3 Å². The van der Waals surface area contributed by atoms with Gasteiger partial charge in [-0.15, -0.1) is 0 Å². The highest BCUT2D eigenvalue weighted by molar-refractivity contribution is 5.86. The van der Waals surface area contributed by atoms with Crippen LogP contribution < -0.4 is 5.32 Å². The van der Waals surface area contributed by atoms with E-state index in [1.807, 2.05) is 70.2 Å². The van der Waals surface area contributed by atoms with E-state index in [1.165, 1.54) is 10.5 Å². The standard InChI is InChI=1S/C27H36N2O4/c1-19(32-18-20-12-7-6-8-13-20)24(29(5)26(31)33-27(2,3)4)25(30)28-23-17-11-15-21-14-9-10-16-22(21)23/h6-10,12-14,16,19,23-24H,11,15,17-18H2,1-5H3,(H,28,30)/t19?,23?,24-/m0/s1. The molecule has 0 aromatic heterocycles. The van der Waals surface area contributed by atoms with E-state index < -0.39 is 23.8 Å². The number of aryl methyl sites for hydroxylation is 1. The molecule has 6 nitrogen and oxygen atoms in total. The molecule has 6 heteroatoms. The van der Waals surface area contributed by atoms with Crippen molar-refractivity contribution < 1.29 is 19.1 Å². The van der Waals surface area contributed by atoms with Gasteiger partial charge in [-0.05, 0) is 63.6 Å². The number of rotatable bonds is 7. The van der Waals surface area contributed by atoms with Crippen LogP contribution in [0.1, 0.15) is 63.3 Å². The van der Waals surface area contributed by atoms with Gasteiger partial charge in [0, 0.05) is 7.05 Å². The minimum absolute atomic E-state index is 0.0849. The van der Waals surface area contributed by atoms with Crippen molar-refractivity contribution in [2.45, 2.75) is 77.4 Å². The first-order valence-electron chi connectivity index (χ1n) is 11.6. The van der Waals surface area contributed by atoms with Crippen LogP contribution in [0.15, 0.2) is 54.6 Å². The summed E-state index contributed by atoms with van der Waals surface area (Å²) in [5, 5.41) is 3.18. The highest BCUT2D eigenvalue weighted by Gasteiger charge is 2.36. The lowest BCUT2D eigenvalue weighted by Gasteiger charge is -2.35. The number of nitrogens with zero attached hydrogens (tertiary/aromatic N) is 1. The van der Waals surface area contributed by atoms with Crippen LogP contribution in [-0.2, 0) is 27.3 Å². The van der Waals surface area contributed by atoms with Crippen LogP contribution in [0.4, 0.5) is 4.79 Å². The van der Waals surface area contributed by atoms with Gasteiger partial charge in [0.15, 0.2) is 0 Å². The number of hydrogen-bond acceptors (Lipinski definition) is 4. The summed E-state index contributed by atoms with van der Waals surface area (Å²) in [6.45, 7) is 7.59. The Kier molecular flexibility index (Phi) is 8.14. The summed E-state index contributed by atoms with van der Waals surface area (Å²) in [6, 6.07) is 17.1. The average molecular weight is 453 g/mol. The number of carbonyl (C=O) groups is 2. The van der Waals surface area contributed by atoms with Gasteiger partial charge in [0.2, 0.25) is 5.91 Å². The van der Waals surface area contributed by atoms with Crippen LogP contribution in [-0.4, -0.2) is 41.7 Å². The maximum absolute atomic E-state index is 13.5. The number of nitrogens with one attached hydrogen (secondary N) is 1. The molecule has 0 heterocycles. The zero-order chi connectivity index (χ0) is 24.0. The van der Waals surface area contributed by atoms with Crippen molar-refractivity contribution in [2.75, 3.05) is 7.05 Å². The SMILES string of the molecule is CC(OCc1ccccc1)[C@@H](C(=O)NC1CCCc2ccccc21)N(C)C(=O)OC(C)(C)C. The van der Waals surface area contributed by atoms with Crippen molar-refractivity contribution in [3.63, 3.8) is 0 Å². The first-order chi connectivity index (χ1) is 15.7. The van der Waals surface area contributed by atoms with Crippen molar-refractivity contribution in [3.8, 4) is 0 Å². The summed E-state index contributed by atoms with van der Waals surface area (Å²) in [4.78, 5) is 27.7. The number of fused-ring (bicyclic) bond motifs is 1. The topological polar surface area (TPSA) is 67.9 Å². The number of benzene rings is 2. The van der Waals surface area contributed by atoms with Gasteiger partial charge in [-0.25, -0.2) is 4.79 Å². The molecule has 2 aromatic rings. The Labute approximate surface area is 197 Å². The Balaban J connectivity index is 1.78. The monoisotopic (exact) mass is 452 g/mol. The summed E-state index contributed by atoms with van der Waals surface area (Å²) < 4.78 is 11.6. The molecule has 2 aromatic carbocycles. The molecule has 0 fully saturated rings.